The fourth-order valence-electron chi connectivity index (χ4n) is 7.32. The Kier molecular flexibility index (Phi) is 39.6. The van der Waals surface area contributed by atoms with Crippen LogP contribution in [0.4, 0.5) is 0 Å². The van der Waals surface area contributed by atoms with Crippen molar-refractivity contribution in [1.82, 2.24) is 10.2 Å². The van der Waals surface area contributed by atoms with Crippen LogP contribution in [0.2, 0.25) is 0 Å². The van der Waals surface area contributed by atoms with Gasteiger partial charge in [0.15, 0.2) is 0 Å². The number of nitrogens with one attached hydrogen (secondary N) is 1. The number of aliphatic hydroxyl groups excluding tert-OH is 1. The van der Waals surface area contributed by atoms with Gasteiger partial charge in [-0.25, -0.2) is 0 Å². The molecule has 0 spiro atoms. The van der Waals surface area contributed by atoms with Gasteiger partial charge in [0.05, 0.1) is 19.8 Å². The van der Waals surface area contributed by atoms with Crippen LogP contribution < -0.4 is 5.32 Å². The molecule has 0 aliphatic rings. The minimum atomic E-state index is -0.00914. The number of unbranched alkanes of at least 4 members (excludes halogenated alkanes) is 17. The lowest BCUT2D eigenvalue weighted by Crippen LogP contribution is -2.36. The third-order valence-corrected chi connectivity index (χ3v) is 11.2. The van der Waals surface area contributed by atoms with Gasteiger partial charge in [0.25, 0.3) is 0 Å². The molecule has 0 bridgehead atoms. The number of hydrogen-bond acceptors (Lipinski definition) is 7. The largest absolute Gasteiger partial charge is 0.465 e. The number of esters is 2. The van der Waals surface area contributed by atoms with Crippen molar-refractivity contribution in [3.8, 4) is 0 Å². The Morgan fingerprint density at radius 3 is 1.43 bits per heavy atom. The number of rotatable bonds is 42. The number of hydrogen-bond donors (Lipinski definition) is 2. The summed E-state index contributed by atoms with van der Waals surface area (Å²) in [5, 5.41) is 13.1. The molecule has 53 heavy (non-hydrogen) atoms. The van der Waals surface area contributed by atoms with Crippen LogP contribution in [0.1, 0.15) is 220 Å². The fourth-order valence-corrected chi connectivity index (χ4v) is 7.32. The zero-order chi connectivity index (χ0) is 39.0. The van der Waals surface area contributed by atoms with Crippen LogP contribution in [0.5, 0.6) is 0 Å². The Hall–Kier alpha value is -1.18. The highest BCUT2D eigenvalue weighted by Crippen LogP contribution is 2.20. The first-order valence-corrected chi connectivity index (χ1v) is 23.2. The minimum Gasteiger partial charge on any atom is -0.465 e. The van der Waals surface area contributed by atoms with Gasteiger partial charge < -0.3 is 24.8 Å². The predicted molar refractivity (Wildman–Crippen MR) is 226 cm³/mol. The first-order chi connectivity index (χ1) is 25.9. The van der Waals surface area contributed by atoms with Crippen LogP contribution in [-0.4, -0.2) is 74.5 Å². The second-order valence-corrected chi connectivity index (χ2v) is 16.3. The highest BCUT2D eigenvalue weighted by molar-refractivity contribution is 5.69. The van der Waals surface area contributed by atoms with Crippen molar-refractivity contribution >= 4 is 11.9 Å². The Morgan fingerprint density at radius 2 is 0.943 bits per heavy atom. The number of carbonyl (C=O) groups is 2. The van der Waals surface area contributed by atoms with Gasteiger partial charge in [0, 0.05) is 38.5 Å². The summed E-state index contributed by atoms with van der Waals surface area (Å²) in [6, 6.07) is 0.549. The van der Waals surface area contributed by atoms with Crippen molar-refractivity contribution in [1.29, 1.82) is 0 Å². The average Bonchev–Trinajstić information content (AvgIpc) is 3.15. The maximum Gasteiger partial charge on any atom is 0.305 e. The van der Waals surface area contributed by atoms with E-state index >= 15 is 0 Å². The summed E-state index contributed by atoms with van der Waals surface area (Å²) >= 11 is 0. The van der Waals surface area contributed by atoms with Crippen LogP contribution in [0.15, 0.2) is 0 Å². The molecule has 0 aliphatic heterocycles. The normalized spacial score (nSPS) is 13.3. The van der Waals surface area contributed by atoms with Gasteiger partial charge in [-0.1, -0.05) is 163 Å². The van der Waals surface area contributed by atoms with Crippen molar-refractivity contribution in [3.63, 3.8) is 0 Å². The van der Waals surface area contributed by atoms with E-state index in [1.807, 2.05) is 0 Å². The van der Waals surface area contributed by atoms with E-state index in [1.54, 1.807) is 0 Å². The predicted octanol–water partition coefficient (Wildman–Crippen LogP) is 12.0. The maximum absolute atomic E-state index is 12.4. The third kappa shape index (κ3) is 36.2. The molecule has 0 radical (unpaired) electrons. The first-order valence-electron chi connectivity index (χ1n) is 23.2. The van der Waals surface area contributed by atoms with Crippen LogP contribution in [0.25, 0.3) is 0 Å². The summed E-state index contributed by atoms with van der Waals surface area (Å²) in [5.74, 6) is 1.05. The SMILES string of the molecule is CCCCCCC(CC)COC(=O)CCCCCCCCC(CCCCCCCCC(=O)OCC(CCCC)CCCCCC)NCCN(C)CCO. The monoisotopic (exact) mass is 753 g/mol. The first kappa shape index (κ1) is 51.8. The lowest BCUT2D eigenvalue weighted by Gasteiger charge is -2.21. The molecule has 316 valence electrons. The van der Waals surface area contributed by atoms with Crippen molar-refractivity contribution in [2.75, 3.05) is 46.5 Å². The van der Waals surface area contributed by atoms with E-state index in [0.717, 1.165) is 51.7 Å². The molecule has 0 saturated heterocycles. The van der Waals surface area contributed by atoms with Crippen LogP contribution in [0, 0.1) is 11.8 Å². The van der Waals surface area contributed by atoms with Gasteiger partial charge in [0.2, 0.25) is 0 Å². The van der Waals surface area contributed by atoms with E-state index in [-0.39, 0.29) is 18.5 Å². The van der Waals surface area contributed by atoms with E-state index in [1.165, 1.54) is 148 Å². The minimum absolute atomic E-state index is 0.00230. The standard InChI is InChI=1S/C46H92N2O5/c1-6-10-13-23-30-42(9-4)40-52-45(50)34-27-21-17-15-19-25-32-44(47-36-37-48(5)38-39-49)33-26-20-16-18-22-28-35-46(51)53-41-43(29-12-8-3)31-24-14-11-7-2/h42-44,47,49H,6-41H2,1-5H3. The number of carbonyl (C=O) groups excluding carboxylic acids is 2. The van der Waals surface area contributed by atoms with Gasteiger partial charge in [-0.2, -0.15) is 0 Å². The third-order valence-electron chi connectivity index (χ3n) is 11.2. The van der Waals surface area contributed by atoms with Crippen molar-refractivity contribution in [3.05, 3.63) is 0 Å². The molecule has 7 nitrogen and oxygen atoms in total. The maximum atomic E-state index is 12.4. The van der Waals surface area contributed by atoms with Gasteiger partial charge in [0.1, 0.15) is 0 Å². The van der Waals surface area contributed by atoms with Gasteiger partial charge in [-0.15, -0.1) is 0 Å². The highest BCUT2D eigenvalue weighted by atomic mass is 16.5. The van der Waals surface area contributed by atoms with Gasteiger partial charge in [-0.3, -0.25) is 9.59 Å². The topological polar surface area (TPSA) is 88.1 Å². The van der Waals surface area contributed by atoms with Gasteiger partial charge >= 0.3 is 11.9 Å². The average molecular weight is 753 g/mol. The zero-order valence-electron chi connectivity index (χ0n) is 36.2. The summed E-state index contributed by atoms with van der Waals surface area (Å²) in [7, 11) is 2.07. The summed E-state index contributed by atoms with van der Waals surface area (Å²) in [4.78, 5) is 26.8. The number of likely N-dealkylation sites (N-methyl/N-ethyl adjacent to an activating group) is 1. The highest BCUT2D eigenvalue weighted by Gasteiger charge is 2.13. The quantitative estimate of drug-likeness (QED) is 0.0474. The molecule has 0 aromatic heterocycles. The fraction of sp³-hybridized carbons (Fsp3) is 0.957. The summed E-state index contributed by atoms with van der Waals surface area (Å²) < 4.78 is 11.3. The molecule has 0 heterocycles. The van der Waals surface area contributed by atoms with E-state index in [0.29, 0.717) is 43.9 Å². The summed E-state index contributed by atoms with van der Waals surface area (Å²) in [6.45, 7) is 13.0. The molecular formula is C46H92N2O5. The number of aliphatic hydroxyl groups is 1. The van der Waals surface area contributed by atoms with Crippen LogP contribution in [-0.2, 0) is 19.1 Å². The summed E-state index contributed by atoms with van der Waals surface area (Å²) in [5.41, 5.74) is 0. The number of nitrogens with zero attached hydrogens (tertiary/aromatic N) is 1. The molecule has 7 heteroatoms. The van der Waals surface area contributed by atoms with Crippen molar-refractivity contribution in [2.24, 2.45) is 11.8 Å². The Bertz CT molecular complexity index is 781. The second kappa shape index (κ2) is 40.5. The zero-order valence-corrected chi connectivity index (χ0v) is 36.2. The summed E-state index contributed by atoms with van der Waals surface area (Å²) in [6.07, 6.45) is 34.9. The lowest BCUT2D eigenvalue weighted by molar-refractivity contribution is -0.146. The second-order valence-electron chi connectivity index (χ2n) is 16.3. The van der Waals surface area contributed by atoms with Gasteiger partial charge in [-0.05, 0) is 63.8 Å². The molecule has 0 aromatic rings. The lowest BCUT2D eigenvalue weighted by atomic mass is 9.96. The molecule has 0 aromatic carbocycles. The molecule has 0 saturated carbocycles. The van der Waals surface area contributed by atoms with E-state index in [2.05, 4.69) is 45.0 Å². The molecule has 3 atom stereocenters. The Balaban J connectivity index is 4.17. The smallest absolute Gasteiger partial charge is 0.305 e. The van der Waals surface area contributed by atoms with Crippen molar-refractivity contribution < 1.29 is 24.2 Å². The molecule has 3 unspecified atom stereocenters. The van der Waals surface area contributed by atoms with E-state index < -0.39 is 0 Å². The Morgan fingerprint density at radius 1 is 0.528 bits per heavy atom. The molecule has 0 fully saturated rings. The van der Waals surface area contributed by atoms with Crippen LogP contribution >= 0.6 is 0 Å². The molecule has 0 aliphatic carbocycles. The van der Waals surface area contributed by atoms with E-state index in [4.69, 9.17) is 9.47 Å². The molecule has 0 amide bonds. The van der Waals surface area contributed by atoms with E-state index in [9.17, 15) is 14.7 Å². The van der Waals surface area contributed by atoms with Crippen LogP contribution in [0.3, 0.4) is 0 Å². The van der Waals surface area contributed by atoms with Crippen molar-refractivity contribution in [2.45, 2.75) is 226 Å². The Labute approximate surface area is 330 Å². The molecular weight excluding hydrogens is 661 g/mol. The number of ether oxygens (including phenoxy) is 2. The molecule has 0 rings (SSSR count). The molecule has 2 N–H and O–H groups in total.